The minimum atomic E-state index is -0.104. The van der Waals surface area contributed by atoms with Crippen LogP contribution in [0.5, 0.6) is 11.5 Å². The Morgan fingerprint density at radius 3 is 2.61 bits per heavy atom. The van der Waals surface area contributed by atoms with E-state index >= 15 is 0 Å². The van der Waals surface area contributed by atoms with Gasteiger partial charge in [0.2, 0.25) is 0 Å². The third kappa shape index (κ3) is 4.24. The molecule has 0 aliphatic rings. The number of nitrogens with zero attached hydrogens (tertiary/aromatic N) is 1. The summed E-state index contributed by atoms with van der Waals surface area (Å²) >= 11 is 7.73. The standard InChI is InChI=1S/C21H23ClN2O3S/c1-13(22)12-24-17-10-19(27-4)18(26-3)9-15(17)8-16(21(24)25)11-23-14(2)20-6-5-7-28-20/h5-10,14,23H,1,11-12H2,2-4H3. The van der Waals surface area contributed by atoms with Crippen LogP contribution >= 0.6 is 22.9 Å². The van der Waals surface area contributed by atoms with E-state index in [0.717, 1.165) is 10.9 Å². The lowest BCUT2D eigenvalue weighted by Crippen LogP contribution is -2.28. The van der Waals surface area contributed by atoms with Crippen LogP contribution in [0, 0.1) is 0 Å². The molecule has 0 fully saturated rings. The highest BCUT2D eigenvalue weighted by Gasteiger charge is 2.15. The number of rotatable bonds is 8. The quantitative estimate of drug-likeness (QED) is 0.577. The Labute approximate surface area is 173 Å². The summed E-state index contributed by atoms with van der Waals surface area (Å²) in [6.45, 7) is 6.50. The summed E-state index contributed by atoms with van der Waals surface area (Å²) in [7, 11) is 3.16. The van der Waals surface area contributed by atoms with Gasteiger partial charge >= 0.3 is 0 Å². The number of hydrogen-bond donors (Lipinski definition) is 1. The van der Waals surface area contributed by atoms with Gasteiger partial charge in [-0.15, -0.1) is 11.3 Å². The molecule has 0 amide bonds. The molecule has 0 bridgehead atoms. The second-order valence-corrected chi connectivity index (χ2v) is 7.98. The summed E-state index contributed by atoms with van der Waals surface area (Å²) in [5.74, 6) is 1.16. The molecule has 0 aliphatic carbocycles. The fraction of sp³-hybridized carbons (Fsp3) is 0.286. The van der Waals surface area contributed by atoms with Gasteiger partial charge in [0, 0.05) is 39.5 Å². The number of halogens is 1. The molecule has 3 rings (SSSR count). The topological polar surface area (TPSA) is 52.5 Å². The second-order valence-electron chi connectivity index (χ2n) is 6.46. The SMILES string of the molecule is C=C(Cl)Cn1c(=O)c(CNC(C)c2cccs2)cc2cc(OC)c(OC)cc21. The van der Waals surface area contributed by atoms with Gasteiger partial charge in [0.05, 0.1) is 26.3 Å². The smallest absolute Gasteiger partial charge is 0.255 e. The van der Waals surface area contributed by atoms with Crippen molar-refractivity contribution >= 4 is 33.8 Å². The van der Waals surface area contributed by atoms with E-state index in [1.807, 2.05) is 23.6 Å². The number of pyridine rings is 1. The third-order valence-electron chi connectivity index (χ3n) is 4.57. The Hall–Kier alpha value is -2.28. The van der Waals surface area contributed by atoms with Crippen LogP contribution in [0.25, 0.3) is 10.9 Å². The van der Waals surface area contributed by atoms with Gasteiger partial charge in [0.15, 0.2) is 11.5 Å². The largest absolute Gasteiger partial charge is 0.493 e. The van der Waals surface area contributed by atoms with Crippen molar-refractivity contribution in [3.05, 3.63) is 68.1 Å². The molecule has 0 saturated carbocycles. The van der Waals surface area contributed by atoms with Crippen molar-refractivity contribution in [3.63, 3.8) is 0 Å². The summed E-state index contributed by atoms with van der Waals surface area (Å²) in [5, 5.41) is 6.72. The molecule has 148 valence electrons. The van der Waals surface area contributed by atoms with Crippen LogP contribution in [0.1, 0.15) is 23.4 Å². The van der Waals surface area contributed by atoms with E-state index in [4.69, 9.17) is 21.1 Å². The molecule has 0 spiro atoms. The van der Waals surface area contributed by atoms with Crippen molar-refractivity contribution in [2.45, 2.75) is 26.1 Å². The summed E-state index contributed by atoms with van der Waals surface area (Å²) < 4.78 is 12.4. The molecule has 1 aromatic carbocycles. The molecule has 2 heterocycles. The Balaban J connectivity index is 2.05. The first-order valence-electron chi connectivity index (χ1n) is 8.83. The van der Waals surface area contributed by atoms with Crippen LogP contribution in [0.2, 0.25) is 0 Å². The third-order valence-corrected chi connectivity index (χ3v) is 5.75. The molecule has 2 aromatic heterocycles. The lowest BCUT2D eigenvalue weighted by Gasteiger charge is -2.17. The Bertz CT molecular complexity index is 1040. The maximum absolute atomic E-state index is 13.1. The Kier molecular flexibility index (Phi) is 6.44. The van der Waals surface area contributed by atoms with Gasteiger partial charge in [0.1, 0.15) is 0 Å². The van der Waals surface area contributed by atoms with E-state index < -0.39 is 0 Å². The number of thiophene rings is 1. The van der Waals surface area contributed by atoms with Crippen LogP contribution in [-0.2, 0) is 13.1 Å². The molecule has 1 atom stereocenters. The van der Waals surface area contributed by atoms with Crippen LogP contribution in [0.3, 0.4) is 0 Å². The zero-order valence-corrected chi connectivity index (χ0v) is 17.7. The molecular weight excluding hydrogens is 396 g/mol. The number of allylic oxidation sites excluding steroid dienone is 1. The lowest BCUT2D eigenvalue weighted by atomic mass is 10.1. The molecule has 28 heavy (non-hydrogen) atoms. The average Bonchev–Trinajstić information content (AvgIpc) is 3.22. The molecule has 0 radical (unpaired) electrons. The van der Waals surface area contributed by atoms with Gasteiger partial charge in [-0.2, -0.15) is 0 Å². The lowest BCUT2D eigenvalue weighted by molar-refractivity contribution is 0.355. The molecule has 1 N–H and O–H groups in total. The molecule has 0 aliphatic heterocycles. The monoisotopic (exact) mass is 418 g/mol. The molecule has 0 saturated heterocycles. The maximum Gasteiger partial charge on any atom is 0.255 e. The fourth-order valence-electron chi connectivity index (χ4n) is 3.12. The van der Waals surface area contributed by atoms with E-state index in [0.29, 0.717) is 28.6 Å². The number of nitrogens with one attached hydrogen (secondary N) is 1. The number of aromatic nitrogens is 1. The van der Waals surface area contributed by atoms with Crippen molar-refractivity contribution in [3.8, 4) is 11.5 Å². The van der Waals surface area contributed by atoms with Gasteiger partial charge in [-0.25, -0.2) is 0 Å². The van der Waals surface area contributed by atoms with Crippen LogP contribution in [-0.4, -0.2) is 18.8 Å². The van der Waals surface area contributed by atoms with E-state index in [9.17, 15) is 4.79 Å². The molecule has 5 nitrogen and oxygen atoms in total. The second kappa shape index (κ2) is 8.82. The highest BCUT2D eigenvalue weighted by atomic mass is 35.5. The van der Waals surface area contributed by atoms with E-state index in [2.05, 4.69) is 24.9 Å². The molecule has 7 heteroatoms. The predicted molar refractivity (Wildman–Crippen MR) is 116 cm³/mol. The van der Waals surface area contributed by atoms with Crippen LogP contribution in [0.4, 0.5) is 0 Å². The number of benzene rings is 1. The average molecular weight is 419 g/mol. The van der Waals surface area contributed by atoms with Crippen molar-refractivity contribution in [2.75, 3.05) is 14.2 Å². The Morgan fingerprint density at radius 1 is 1.29 bits per heavy atom. The van der Waals surface area contributed by atoms with Crippen molar-refractivity contribution in [1.82, 2.24) is 9.88 Å². The normalized spacial score (nSPS) is 12.1. The van der Waals surface area contributed by atoms with Gasteiger partial charge in [-0.1, -0.05) is 24.2 Å². The first-order chi connectivity index (χ1) is 13.4. The van der Waals surface area contributed by atoms with E-state index in [1.54, 1.807) is 36.2 Å². The Morgan fingerprint density at radius 2 is 2.00 bits per heavy atom. The minimum absolute atomic E-state index is 0.104. The van der Waals surface area contributed by atoms with Gasteiger partial charge in [-0.05, 0) is 30.5 Å². The summed E-state index contributed by atoms with van der Waals surface area (Å²) in [5.41, 5.74) is 1.27. The van der Waals surface area contributed by atoms with Crippen LogP contribution in [0.15, 0.2) is 52.1 Å². The van der Waals surface area contributed by atoms with Crippen molar-refractivity contribution < 1.29 is 9.47 Å². The van der Waals surface area contributed by atoms with Crippen LogP contribution < -0.4 is 20.3 Å². The van der Waals surface area contributed by atoms with Crippen molar-refractivity contribution in [2.24, 2.45) is 0 Å². The van der Waals surface area contributed by atoms with Crippen molar-refractivity contribution in [1.29, 1.82) is 0 Å². The summed E-state index contributed by atoms with van der Waals surface area (Å²) in [6, 6.07) is 9.80. The number of methoxy groups -OCH3 is 2. The summed E-state index contributed by atoms with van der Waals surface area (Å²) in [6.07, 6.45) is 0. The fourth-order valence-corrected chi connectivity index (χ4v) is 4.00. The molecule has 1 unspecified atom stereocenters. The zero-order chi connectivity index (χ0) is 20.3. The maximum atomic E-state index is 13.1. The number of ether oxygens (including phenoxy) is 2. The first kappa shape index (κ1) is 20.5. The predicted octanol–water partition coefficient (Wildman–Crippen LogP) is 4.68. The first-order valence-corrected chi connectivity index (χ1v) is 10.1. The molecule has 3 aromatic rings. The number of fused-ring (bicyclic) bond motifs is 1. The van der Waals surface area contributed by atoms with E-state index in [-0.39, 0.29) is 18.1 Å². The number of hydrogen-bond acceptors (Lipinski definition) is 5. The van der Waals surface area contributed by atoms with Gasteiger partial charge in [-0.3, -0.25) is 4.79 Å². The zero-order valence-electron chi connectivity index (χ0n) is 16.1. The highest BCUT2D eigenvalue weighted by Crippen LogP contribution is 2.32. The van der Waals surface area contributed by atoms with Gasteiger partial charge in [0.25, 0.3) is 5.56 Å². The minimum Gasteiger partial charge on any atom is -0.493 e. The van der Waals surface area contributed by atoms with Gasteiger partial charge < -0.3 is 19.4 Å². The highest BCUT2D eigenvalue weighted by molar-refractivity contribution is 7.10. The molecular formula is C21H23ClN2O3S. The summed E-state index contributed by atoms with van der Waals surface area (Å²) in [4.78, 5) is 14.3. The van der Waals surface area contributed by atoms with E-state index in [1.165, 1.54) is 4.88 Å².